The quantitative estimate of drug-likeness (QED) is 0.622. The molecule has 0 bridgehead atoms. The molecule has 7 nitrogen and oxygen atoms in total. The van der Waals surface area contributed by atoms with Crippen molar-refractivity contribution in [3.63, 3.8) is 0 Å². The summed E-state index contributed by atoms with van der Waals surface area (Å²) < 4.78 is 27.3. The van der Waals surface area contributed by atoms with Crippen molar-refractivity contribution >= 4 is 27.5 Å². The summed E-state index contributed by atoms with van der Waals surface area (Å²) in [4.78, 5) is 27.8. The molecule has 0 spiro atoms. The number of anilines is 1. The monoisotopic (exact) mass is 483 g/mol. The van der Waals surface area contributed by atoms with Gasteiger partial charge < -0.3 is 10.2 Å². The molecular formula is C26H33N3O4S. The Balaban J connectivity index is 1.36. The number of hydrogen-bond acceptors (Lipinski definition) is 4. The molecule has 34 heavy (non-hydrogen) atoms. The lowest BCUT2D eigenvalue weighted by Gasteiger charge is -2.31. The number of piperidine rings is 1. The lowest BCUT2D eigenvalue weighted by atomic mass is 9.98. The van der Waals surface area contributed by atoms with Crippen LogP contribution in [0, 0.1) is 5.92 Å². The first-order valence-corrected chi connectivity index (χ1v) is 13.8. The van der Waals surface area contributed by atoms with Gasteiger partial charge in [0.15, 0.2) is 0 Å². The third kappa shape index (κ3) is 6.04. The van der Waals surface area contributed by atoms with Crippen LogP contribution < -0.4 is 5.32 Å². The maximum absolute atomic E-state index is 13.1. The number of amides is 2. The fourth-order valence-corrected chi connectivity index (χ4v) is 6.33. The number of benzene rings is 2. The smallest absolute Gasteiger partial charge is 0.255 e. The molecule has 4 rings (SSSR count). The Bertz CT molecular complexity index is 1100. The molecule has 2 aromatic rings. The van der Waals surface area contributed by atoms with E-state index in [0.717, 1.165) is 31.5 Å². The molecule has 2 aromatic carbocycles. The van der Waals surface area contributed by atoms with Crippen molar-refractivity contribution in [3.8, 4) is 0 Å². The van der Waals surface area contributed by atoms with Crippen LogP contribution in [-0.2, 0) is 21.2 Å². The van der Waals surface area contributed by atoms with Gasteiger partial charge in [0, 0.05) is 26.2 Å². The van der Waals surface area contributed by atoms with Gasteiger partial charge in [-0.05, 0) is 56.2 Å². The maximum Gasteiger partial charge on any atom is 0.255 e. The van der Waals surface area contributed by atoms with E-state index in [1.807, 2.05) is 35.2 Å². The molecular weight excluding hydrogens is 450 g/mol. The SMILES string of the molecule is O=C(Nc1ccccc1C(=O)N1CCCC1)C1CCCN(S(=O)(=O)CCCc2ccccc2)C1. The van der Waals surface area contributed by atoms with Gasteiger partial charge in [0.05, 0.1) is 22.9 Å². The highest BCUT2D eigenvalue weighted by molar-refractivity contribution is 7.89. The van der Waals surface area contributed by atoms with Crippen LogP contribution in [0.25, 0.3) is 0 Å². The Hall–Kier alpha value is -2.71. The van der Waals surface area contributed by atoms with Gasteiger partial charge in [0.1, 0.15) is 0 Å². The number of carbonyl (C=O) groups excluding carboxylic acids is 2. The summed E-state index contributed by atoms with van der Waals surface area (Å²) in [5.41, 5.74) is 2.10. The first-order chi connectivity index (χ1) is 16.4. The molecule has 2 saturated heterocycles. The molecule has 0 aromatic heterocycles. The number of sulfonamides is 1. The molecule has 182 valence electrons. The van der Waals surface area contributed by atoms with Crippen LogP contribution in [0.2, 0.25) is 0 Å². The Morgan fingerprint density at radius 2 is 1.62 bits per heavy atom. The summed E-state index contributed by atoms with van der Waals surface area (Å²) >= 11 is 0. The lowest BCUT2D eigenvalue weighted by Crippen LogP contribution is -2.44. The number of likely N-dealkylation sites (tertiary alicyclic amines) is 1. The molecule has 2 aliphatic rings. The minimum atomic E-state index is -3.43. The molecule has 0 saturated carbocycles. The highest BCUT2D eigenvalue weighted by Gasteiger charge is 2.32. The first kappa shape index (κ1) is 24.4. The maximum atomic E-state index is 13.1. The summed E-state index contributed by atoms with van der Waals surface area (Å²) in [6.07, 6.45) is 4.52. The van der Waals surface area contributed by atoms with Gasteiger partial charge >= 0.3 is 0 Å². The highest BCUT2D eigenvalue weighted by Crippen LogP contribution is 2.24. The molecule has 1 atom stereocenters. The van der Waals surface area contributed by atoms with Crippen molar-refractivity contribution < 1.29 is 18.0 Å². The van der Waals surface area contributed by atoms with E-state index in [0.29, 0.717) is 43.5 Å². The van der Waals surface area contributed by atoms with Crippen LogP contribution in [0.3, 0.4) is 0 Å². The van der Waals surface area contributed by atoms with Crippen LogP contribution in [0.15, 0.2) is 54.6 Å². The number of aryl methyl sites for hydroxylation is 1. The summed E-state index contributed by atoms with van der Waals surface area (Å²) in [5.74, 6) is -0.665. The Morgan fingerprint density at radius 1 is 0.912 bits per heavy atom. The van der Waals surface area contributed by atoms with Gasteiger partial charge in [-0.1, -0.05) is 42.5 Å². The second kappa shape index (κ2) is 11.1. The summed E-state index contributed by atoms with van der Waals surface area (Å²) in [5, 5.41) is 2.91. The summed E-state index contributed by atoms with van der Waals surface area (Å²) in [6.45, 7) is 2.10. The van der Waals surface area contributed by atoms with Crippen LogP contribution in [0.5, 0.6) is 0 Å². The summed E-state index contributed by atoms with van der Waals surface area (Å²) in [6, 6.07) is 16.9. The molecule has 0 radical (unpaired) electrons. The fourth-order valence-electron chi connectivity index (χ4n) is 4.75. The number of para-hydroxylation sites is 1. The minimum Gasteiger partial charge on any atom is -0.339 e. The van der Waals surface area contributed by atoms with Gasteiger partial charge in [0.2, 0.25) is 15.9 Å². The van der Waals surface area contributed by atoms with E-state index < -0.39 is 15.9 Å². The number of rotatable bonds is 8. The normalized spacial score (nSPS) is 19.2. The molecule has 2 fully saturated rings. The predicted molar refractivity (Wildman–Crippen MR) is 133 cm³/mol. The van der Waals surface area contributed by atoms with Gasteiger partial charge in [-0.3, -0.25) is 9.59 Å². The standard InChI is InChI=1S/C26H33N3O4S/c30-25(27-24-15-5-4-14-23(24)26(31)28-16-6-7-17-28)22-13-8-18-29(20-22)34(32,33)19-9-12-21-10-2-1-3-11-21/h1-5,10-11,14-15,22H,6-9,12-13,16-20H2,(H,27,30). The molecule has 1 N–H and O–H groups in total. The van der Waals surface area contributed by atoms with E-state index in [9.17, 15) is 18.0 Å². The number of hydrogen-bond donors (Lipinski definition) is 1. The van der Waals surface area contributed by atoms with Gasteiger partial charge in [-0.25, -0.2) is 12.7 Å². The molecule has 1 unspecified atom stereocenters. The zero-order valence-corrected chi connectivity index (χ0v) is 20.3. The van der Waals surface area contributed by atoms with Crippen molar-refractivity contribution in [1.82, 2.24) is 9.21 Å². The van der Waals surface area contributed by atoms with E-state index in [2.05, 4.69) is 5.32 Å². The Kier molecular flexibility index (Phi) is 8.00. The zero-order valence-electron chi connectivity index (χ0n) is 19.5. The van der Waals surface area contributed by atoms with Gasteiger partial charge in [-0.2, -0.15) is 0 Å². The van der Waals surface area contributed by atoms with Crippen molar-refractivity contribution in [2.45, 2.75) is 38.5 Å². The lowest BCUT2D eigenvalue weighted by molar-refractivity contribution is -0.120. The average Bonchev–Trinajstić information content (AvgIpc) is 3.40. The van der Waals surface area contributed by atoms with Gasteiger partial charge in [-0.15, -0.1) is 0 Å². The van der Waals surface area contributed by atoms with Crippen molar-refractivity contribution in [2.75, 3.05) is 37.2 Å². The predicted octanol–water partition coefficient (Wildman–Crippen LogP) is 3.54. The topological polar surface area (TPSA) is 86.8 Å². The number of nitrogens with zero attached hydrogens (tertiary/aromatic N) is 2. The largest absolute Gasteiger partial charge is 0.339 e. The second-order valence-electron chi connectivity index (χ2n) is 9.14. The average molecular weight is 484 g/mol. The summed E-state index contributed by atoms with van der Waals surface area (Å²) in [7, 11) is -3.43. The van der Waals surface area contributed by atoms with E-state index in [1.165, 1.54) is 4.31 Å². The van der Waals surface area contributed by atoms with E-state index >= 15 is 0 Å². The highest BCUT2D eigenvalue weighted by atomic mass is 32.2. The third-order valence-corrected chi connectivity index (χ3v) is 8.59. The van der Waals surface area contributed by atoms with Crippen LogP contribution in [-0.4, -0.2) is 61.4 Å². The van der Waals surface area contributed by atoms with E-state index in [4.69, 9.17) is 0 Å². The molecule has 2 amide bonds. The zero-order chi connectivity index (χ0) is 24.0. The van der Waals surface area contributed by atoms with Crippen LogP contribution in [0.4, 0.5) is 5.69 Å². The van der Waals surface area contributed by atoms with Crippen molar-refractivity contribution in [3.05, 3.63) is 65.7 Å². The van der Waals surface area contributed by atoms with Crippen LogP contribution in [0.1, 0.15) is 48.0 Å². The Morgan fingerprint density at radius 3 is 2.38 bits per heavy atom. The van der Waals surface area contributed by atoms with E-state index in [1.54, 1.807) is 24.3 Å². The van der Waals surface area contributed by atoms with Crippen molar-refractivity contribution in [1.29, 1.82) is 0 Å². The minimum absolute atomic E-state index is 0.0698. The first-order valence-electron chi connectivity index (χ1n) is 12.1. The second-order valence-corrected chi connectivity index (χ2v) is 11.2. The van der Waals surface area contributed by atoms with E-state index in [-0.39, 0.29) is 24.1 Å². The third-order valence-electron chi connectivity index (χ3n) is 6.67. The van der Waals surface area contributed by atoms with Gasteiger partial charge in [0.25, 0.3) is 5.91 Å². The number of nitrogens with one attached hydrogen (secondary N) is 1. The molecule has 2 aliphatic heterocycles. The van der Waals surface area contributed by atoms with Crippen LogP contribution >= 0.6 is 0 Å². The molecule has 8 heteroatoms. The molecule has 0 aliphatic carbocycles. The Labute approximate surface area is 202 Å². The number of carbonyl (C=O) groups is 2. The fraction of sp³-hybridized carbons (Fsp3) is 0.462. The van der Waals surface area contributed by atoms with Crippen molar-refractivity contribution in [2.24, 2.45) is 5.92 Å². The molecule has 2 heterocycles.